The zero-order valence-corrected chi connectivity index (χ0v) is 14.5. The van der Waals surface area contributed by atoms with E-state index in [4.69, 9.17) is 4.74 Å². The molecule has 128 valence electrons. The smallest absolute Gasteiger partial charge is 0.225 e. The van der Waals surface area contributed by atoms with Gasteiger partial charge in [-0.25, -0.2) is 8.42 Å². The first-order valence-electron chi connectivity index (χ1n) is 7.87. The van der Waals surface area contributed by atoms with Crippen molar-refractivity contribution in [1.82, 2.24) is 4.31 Å². The fourth-order valence-electron chi connectivity index (χ4n) is 2.41. The van der Waals surface area contributed by atoms with Crippen LogP contribution in [0.4, 0.5) is 5.69 Å². The van der Waals surface area contributed by atoms with Crippen LogP contribution >= 0.6 is 0 Å². The van der Waals surface area contributed by atoms with Crippen LogP contribution in [0, 0.1) is 6.92 Å². The molecule has 0 unspecified atom stereocenters. The number of amides is 1. The number of hydrogen-bond donors (Lipinski definition) is 1. The quantitative estimate of drug-likeness (QED) is 0.852. The molecule has 7 heteroatoms. The zero-order chi connectivity index (χ0) is 16.9. The Morgan fingerprint density at radius 2 is 2.00 bits per heavy atom. The molecule has 0 bridgehead atoms. The summed E-state index contributed by atoms with van der Waals surface area (Å²) in [5, 5.41) is 2.81. The molecule has 1 aliphatic heterocycles. The van der Waals surface area contributed by atoms with E-state index in [-0.39, 0.29) is 18.1 Å². The number of hydrogen-bond acceptors (Lipinski definition) is 4. The Morgan fingerprint density at radius 1 is 1.30 bits per heavy atom. The molecule has 0 atom stereocenters. The molecule has 0 saturated carbocycles. The molecule has 1 amide bonds. The molecule has 0 aliphatic carbocycles. The summed E-state index contributed by atoms with van der Waals surface area (Å²) < 4.78 is 30.9. The van der Waals surface area contributed by atoms with Gasteiger partial charge in [-0.15, -0.1) is 0 Å². The minimum Gasteiger partial charge on any atom is -0.379 e. The summed E-state index contributed by atoms with van der Waals surface area (Å²) in [6.45, 7) is 5.51. The number of rotatable bonds is 6. The van der Waals surface area contributed by atoms with Crippen LogP contribution in [0.2, 0.25) is 0 Å². The van der Waals surface area contributed by atoms with E-state index in [1.165, 1.54) is 4.31 Å². The van der Waals surface area contributed by atoms with Gasteiger partial charge < -0.3 is 10.1 Å². The highest BCUT2D eigenvalue weighted by Crippen LogP contribution is 2.18. The molecule has 1 N–H and O–H groups in total. The number of carbonyl (C=O) groups is 1. The van der Waals surface area contributed by atoms with Gasteiger partial charge in [0.1, 0.15) is 0 Å². The Balaban J connectivity index is 1.92. The fourth-order valence-corrected chi connectivity index (χ4v) is 3.82. The van der Waals surface area contributed by atoms with Gasteiger partial charge in [-0.05, 0) is 30.5 Å². The van der Waals surface area contributed by atoms with Gasteiger partial charge in [0.05, 0.1) is 19.0 Å². The van der Waals surface area contributed by atoms with E-state index in [2.05, 4.69) is 5.32 Å². The van der Waals surface area contributed by atoms with E-state index < -0.39 is 10.0 Å². The number of nitrogens with zero attached hydrogens (tertiary/aromatic N) is 1. The van der Waals surface area contributed by atoms with Gasteiger partial charge in [-0.2, -0.15) is 4.31 Å². The first kappa shape index (κ1) is 17.9. The van der Waals surface area contributed by atoms with Crippen molar-refractivity contribution in [1.29, 1.82) is 0 Å². The Bertz CT molecular complexity index is 652. The summed E-state index contributed by atoms with van der Waals surface area (Å²) in [5.74, 6) is -0.455. The van der Waals surface area contributed by atoms with E-state index in [1.807, 2.05) is 32.0 Å². The first-order chi connectivity index (χ1) is 10.9. The third-order valence-electron chi connectivity index (χ3n) is 3.93. The van der Waals surface area contributed by atoms with Crippen LogP contribution in [0.5, 0.6) is 0 Å². The maximum Gasteiger partial charge on any atom is 0.225 e. The summed E-state index contributed by atoms with van der Waals surface area (Å²) in [4.78, 5) is 12.1. The summed E-state index contributed by atoms with van der Waals surface area (Å²) >= 11 is 0. The van der Waals surface area contributed by atoms with Gasteiger partial charge in [0.25, 0.3) is 0 Å². The van der Waals surface area contributed by atoms with Crippen molar-refractivity contribution < 1.29 is 17.9 Å². The summed E-state index contributed by atoms with van der Waals surface area (Å²) in [5.41, 5.74) is 2.84. The van der Waals surface area contributed by atoms with Crippen molar-refractivity contribution >= 4 is 21.6 Å². The number of ether oxygens (including phenoxy) is 1. The normalized spacial score (nSPS) is 16.3. The van der Waals surface area contributed by atoms with Gasteiger partial charge in [0.15, 0.2) is 0 Å². The van der Waals surface area contributed by atoms with Crippen molar-refractivity contribution in [3.63, 3.8) is 0 Å². The van der Waals surface area contributed by atoms with E-state index in [0.29, 0.717) is 26.3 Å². The largest absolute Gasteiger partial charge is 0.379 e. The van der Waals surface area contributed by atoms with Crippen LogP contribution < -0.4 is 5.32 Å². The minimum atomic E-state index is -3.40. The first-order valence-corrected chi connectivity index (χ1v) is 9.48. The van der Waals surface area contributed by atoms with Crippen molar-refractivity contribution in [2.24, 2.45) is 0 Å². The Morgan fingerprint density at radius 3 is 2.65 bits per heavy atom. The molecule has 6 nitrogen and oxygen atoms in total. The van der Waals surface area contributed by atoms with Crippen LogP contribution in [0.3, 0.4) is 0 Å². The van der Waals surface area contributed by atoms with Gasteiger partial charge >= 0.3 is 0 Å². The van der Waals surface area contributed by atoms with Crippen LogP contribution in [0.25, 0.3) is 0 Å². The van der Waals surface area contributed by atoms with E-state index in [1.54, 1.807) is 0 Å². The van der Waals surface area contributed by atoms with Crippen molar-refractivity contribution in [3.05, 3.63) is 29.3 Å². The Hall–Kier alpha value is -1.44. The summed E-state index contributed by atoms with van der Waals surface area (Å²) in [7, 11) is -3.40. The zero-order valence-electron chi connectivity index (χ0n) is 13.7. The predicted octanol–water partition coefficient (Wildman–Crippen LogP) is 1.55. The van der Waals surface area contributed by atoms with Crippen LogP contribution in [0.1, 0.15) is 24.5 Å². The number of sulfonamides is 1. The molecule has 1 fully saturated rings. The van der Waals surface area contributed by atoms with Gasteiger partial charge in [0, 0.05) is 25.2 Å². The molecule has 1 aromatic rings. The van der Waals surface area contributed by atoms with E-state index in [9.17, 15) is 13.2 Å². The molecule has 23 heavy (non-hydrogen) atoms. The topological polar surface area (TPSA) is 75.7 Å². The molecule has 1 saturated heterocycles. The number of morpholine rings is 1. The second kappa shape index (κ2) is 7.90. The fraction of sp³-hybridized carbons (Fsp3) is 0.562. The maximum atomic E-state index is 12.2. The third-order valence-corrected chi connectivity index (χ3v) is 5.81. The molecular formula is C16H24N2O4S. The average molecular weight is 340 g/mol. The second-order valence-corrected chi connectivity index (χ2v) is 7.72. The SMILES string of the molecule is CCc1ccc(C)c(NC(=O)CCS(=O)(=O)N2CCOCC2)c1. The Labute approximate surface area is 137 Å². The number of anilines is 1. The van der Waals surface area contributed by atoms with E-state index in [0.717, 1.165) is 23.2 Å². The lowest BCUT2D eigenvalue weighted by Gasteiger charge is -2.25. The molecule has 0 radical (unpaired) electrons. The number of benzene rings is 1. The number of carbonyl (C=O) groups excluding carboxylic acids is 1. The lowest BCUT2D eigenvalue weighted by molar-refractivity contribution is -0.115. The van der Waals surface area contributed by atoms with Crippen LogP contribution in [0.15, 0.2) is 18.2 Å². The molecule has 0 spiro atoms. The van der Waals surface area contributed by atoms with Crippen LogP contribution in [-0.2, 0) is 26.0 Å². The maximum absolute atomic E-state index is 12.2. The molecule has 1 aliphatic rings. The van der Waals surface area contributed by atoms with Crippen molar-refractivity contribution in [3.8, 4) is 0 Å². The standard InChI is InChI=1S/C16H24N2O4S/c1-3-14-5-4-13(2)15(12-14)17-16(19)6-11-23(20,21)18-7-9-22-10-8-18/h4-5,12H,3,6-11H2,1-2H3,(H,17,19). The third kappa shape index (κ3) is 5.02. The lowest BCUT2D eigenvalue weighted by Crippen LogP contribution is -2.42. The monoisotopic (exact) mass is 340 g/mol. The molecule has 0 aromatic heterocycles. The van der Waals surface area contributed by atoms with E-state index >= 15 is 0 Å². The van der Waals surface area contributed by atoms with Crippen LogP contribution in [-0.4, -0.2) is 50.7 Å². The second-order valence-electron chi connectivity index (χ2n) is 5.63. The van der Waals surface area contributed by atoms with Crippen molar-refractivity contribution in [2.75, 3.05) is 37.4 Å². The lowest BCUT2D eigenvalue weighted by atomic mass is 10.1. The highest BCUT2D eigenvalue weighted by Gasteiger charge is 2.24. The predicted molar refractivity (Wildman–Crippen MR) is 90.0 cm³/mol. The minimum absolute atomic E-state index is 0.0461. The van der Waals surface area contributed by atoms with Gasteiger partial charge in [-0.3, -0.25) is 4.79 Å². The van der Waals surface area contributed by atoms with Gasteiger partial charge in [0.2, 0.25) is 15.9 Å². The number of nitrogens with one attached hydrogen (secondary N) is 1. The average Bonchev–Trinajstić information content (AvgIpc) is 2.56. The van der Waals surface area contributed by atoms with Crippen molar-refractivity contribution in [2.45, 2.75) is 26.7 Å². The highest BCUT2D eigenvalue weighted by molar-refractivity contribution is 7.89. The summed E-state index contributed by atoms with van der Waals surface area (Å²) in [6, 6.07) is 5.91. The molecular weight excluding hydrogens is 316 g/mol. The van der Waals surface area contributed by atoms with Gasteiger partial charge in [-0.1, -0.05) is 19.1 Å². The number of aryl methyl sites for hydroxylation is 2. The molecule has 2 rings (SSSR count). The highest BCUT2D eigenvalue weighted by atomic mass is 32.2. The molecule has 1 heterocycles. The molecule has 1 aromatic carbocycles. The summed E-state index contributed by atoms with van der Waals surface area (Å²) in [6.07, 6.45) is 0.837. The Kier molecular flexibility index (Phi) is 6.15.